The Morgan fingerprint density at radius 1 is 1.13 bits per heavy atom. The number of hydrogen-bond acceptors (Lipinski definition) is 3. The molecule has 1 heterocycles. The zero-order valence-corrected chi connectivity index (χ0v) is 17.8. The number of hydrogen-bond donors (Lipinski definition) is 2. The minimum Gasteiger partial charge on any atom is -0.382 e. The Hall–Kier alpha value is -3.12. The van der Waals surface area contributed by atoms with E-state index in [0.717, 1.165) is 27.7 Å². The molecule has 2 aromatic carbocycles. The van der Waals surface area contributed by atoms with Gasteiger partial charge in [0.25, 0.3) is 5.56 Å². The number of nitrogens with one attached hydrogen (secondary N) is 2. The number of para-hydroxylation sites is 1. The van der Waals surface area contributed by atoms with Crippen molar-refractivity contribution in [2.45, 2.75) is 33.7 Å². The molecular formula is C24H29N3O3. The molecular weight excluding hydrogens is 378 g/mol. The van der Waals surface area contributed by atoms with Crippen molar-refractivity contribution in [3.05, 3.63) is 75.6 Å². The van der Waals surface area contributed by atoms with E-state index in [-0.39, 0.29) is 18.1 Å². The van der Waals surface area contributed by atoms with Gasteiger partial charge in [-0.05, 0) is 62.4 Å². The van der Waals surface area contributed by atoms with Gasteiger partial charge in [0.2, 0.25) is 0 Å². The van der Waals surface area contributed by atoms with Crippen molar-refractivity contribution in [3.8, 4) is 0 Å². The van der Waals surface area contributed by atoms with Crippen molar-refractivity contribution in [1.29, 1.82) is 0 Å². The number of ether oxygens (including phenoxy) is 1. The van der Waals surface area contributed by atoms with E-state index in [1.165, 1.54) is 0 Å². The van der Waals surface area contributed by atoms with Gasteiger partial charge in [-0.3, -0.25) is 4.79 Å². The average Bonchev–Trinajstić information content (AvgIpc) is 2.72. The lowest BCUT2D eigenvalue weighted by Gasteiger charge is -2.23. The molecule has 1 aromatic heterocycles. The molecule has 0 spiro atoms. The van der Waals surface area contributed by atoms with Crippen LogP contribution < -0.4 is 10.9 Å². The summed E-state index contributed by atoms with van der Waals surface area (Å²) in [7, 11) is 0. The fourth-order valence-corrected chi connectivity index (χ4v) is 3.53. The molecule has 0 atom stereocenters. The SMILES string of the molecule is CCOCCCN(Cc1cc2cc(C)cc(C)c2[nH]c1=O)C(=O)Nc1ccccc1. The lowest BCUT2D eigenvalue weighted by atomic mass is 10.1. The molecule has 0 aliphatic carbocycles. The number of rotatable bonds is 8. The molecule has 158 valence electrons. The zero-order valence-electron chi connectivity index (χ0n) is 17.8. The number of nitrogens with zero attached hydrogens (tertiary/aromatic N) is 1. The first kappa shape index (κ1) is 21.6. The number of H-pyrrole nitrogens is 1. The van der Waals surface area contributed by atoms with Crippen molar-refractivity contribution in [1.82, 2.24) is 9.88 Å². The maximum Gasteiger partial charge on any atom is 0.322 e. The number of anilines is 1. The number of aryl methyl sites for hydroxylation is 2. The van der Waals surface area contributed by atoms with E-state index >= 15 is 0 Å². The van der Waals surface area contributed by atoms with Crippen LogP contribution in [0.4, 0.5) is 10.5 Å². The predicted octanol–water partition coefficient (Wildman–Crippen LogP) is 4.61. The van der Waals surface area contributed by atoms with Gasteiger partial charge in [0.15, 0.2) is 0 Å². The predicted molar refractivity (Wildman–Crippen MR) is 121 cm³/mol. The molecule has 2 N–H and O–H groups in total. The summed E-state index contributed by atoms with van der Waals surface area (Å²) in [5.74, 6) is 0. The van der Waals surface area contributed by atoms with E-state index in [4.69, 9.17) is 4.74 Å². The molecule has 3 aromatic rings. The standard InChI is InChI=1S/C24H29N3O3/c1-4-30-12-8-11-27(24(29)25-21-9-6-5-7-10-21)16-20-15-19-14-17(2)13-18(3)22(19)26-23(20)28/h5-7,9-10,13-15H,4,8,11-12,16H2,1-3H3,(H,25,29)(H,26,28). The molecule has 0 bridgehead atoms. The fraction of sp³-hybridized carbons (Fsp3) is 0.333. The van der Waals surface area contributed by atoms with Gasteiger partial charge in [-0.15, -0.1) is 0 Å². The first-order chi connectivity index (χ1) is 14.5. The number of aromatic amines is 1. The van der Waals surface area contributed by atoms with Crippen molar-refractivity contribution >= 4 is 22.6 Å². The molecule has 0 aliphatic heterocycles. The van der Waals surface area contributed by atoms with Crippen LogP contribution in [0.1, 0.15) is 30.0 Å². The van der Waals surface area contributed by atoms with Gasteiger partial charge in [0.1, 0.15) is 0 Å². The average molecular weight is 408 g/mol. The lowest BCUT2D eigenvalue weighted by molar-refractivity contribution is 0.134. The highest BCUT2D eigenvalue weighted by atomic mass is 16.5. The van der Waals surface area contributed by atoms with Crippen molar-refractivity contribution < 1.29 is 9.53 Å². The van der Waals surface area contributed by atoms with Gasteiger partial charge < -0.3 is 19.9 Å². The third-order valence-electron chi connectivity index (χ3n) is 4.96. The number of pyridine rings is 1. The Morgan fingerprint density at radius 3 is 2.63 bits per heavy atom. The summed E-state index contributed by atoms with van der Waals surface area (Å²) >= 11 is 0. The van der Waals surface area contributed by atoms with Crippen LogP contribution in [-0.4, -0.2) is 35.7 Å². The molecule has 2 amide bonds. The summed E-state index contributed by atoms with van der Waals surface area (Å²) in [5.41, 5.74) is 4.11. The highest BCUT2D eigenvalue weighted by Crippen LogP contribution is 2.19. The number of carbonyl (C=O) groups is 1. The van der Waals surface area contributed by atoms with Crippen LogP contribution in [0.3, 0.4) is 0 Å². The van der Waals surface area contributed by atoms with Gasteiger partial charge >= 0.3 is 6.03 Å². The monoisotopic (exact) mass is 407 g/mol. The highest BCUT2D eigenvalue weighted by Gasteiger charge is 2.16. The molecule has 3 rings (SSSR count). The molecule has 0 radical (unpaired) electrons. The topological polar surface area (TPSA) is 74.4 Å². The van der Waals surface area contributed by atoms with Gasteiger partial charge in [-0.25, -0.2) is 4.79 Å². The Kier molecular flexibility index (Phi) is 7.25. The second-order valence-corrected chi connectivity index (χ2v) is 7.44. The molecule has 6 nitrogen and oxygen atoms in total. The first-order valence-electron chi connectivity index (χ1n) is 10.3. The maximum atomic E-state index is 12.9. The van der Waals surface area contributed by atoms with Crippen LogP contribution in [0.2, 0.25) is 0 Å². The van der Waals surface area contributed by atoms with E-state index in [1.54, 1.807) is 4.90 Å². The van der Waals surface area contributed by atoms with Gasteiger partial charge in [-0.1, -0.05) is 29.8 Å². The summed E-state index contributed by atoms with van der Waals surface area (Å²) in [6.07, 6.45) is 0.694. The van der Waals surface area contributed by atoms with E-state index in [2.05, 4.69) is 10.3 Å². The van der Waals surface area contributed by atoms with Crippen LogP contribution >= 0.6 is 0 Å². The number of fused-ring (bicyclic) bond motifs is 1. The third-order valence-corrected chi connectivity index (χ3v) is 4.96. The largest absolute Gasteiger partial charge is 0.382 e. The van der Waals surface area contributed by atoms with Crippen molar-refractivity contribution in [2.24, 2.45) is 0 Å². The van der Waals surface area contributed by atoms with E-state index in [9.17, 15) is 9.59 Å². The highest BCUT2D eigenvalue weighted by molar-refractivity contribution is 5.89. The van der Waals surface area contributed by atoms with Crippen molar-refractivity contribution in [3.63, 3.8) is 0 Å². The molecule has 0 saturated heterocycles. The second-order valence-electron chi connectivity index (χ2n) is 7.44. The summed E-state index contributed by atoms with van der Waals surface area (Å²) in [6.45, 7) is 7.88. The number of aromatic nitrogens is 1. The molecule has 6 heteroatoms. The molecule has 0 aliphatic rings. The molecule has 0 saturated carbocycles. The van der Waals surface area contributed by atoms with E-state index < -0.39 is 0 Å². The fourth-order valence-electron chi connectivity index (χ4n) is 3.53. The van der Waals surface area contributed by atoms with Gasteiger partial charge in [0.05, 0.1) is 12.1 Å². The zero-order chi connectivity index (χ0) is 21.5. The van der Waals surface area contributed by atoms with Crippen LogP contribution in [0, 0.1) is 13.8 Å². The van der Waals surface area contributed by atoms with Crippen LogP contribution in [0.25, 0.3) is 10.9 Å². The first-order valence-corrected chi connectivity index (χ1v) is 10.3. The van der Waals surface area contributed by atoms with Crippen LogP contribution in [-0.2, 0) is 11.3 Å². The number of carbonyl (C=O) groups excluding carboxylic acids is 1. The molecule has 30 heavy (non-hydrogen) atoms. The van der Waals surface area contributed by atoms with E-state index in [1.807, 2.05) is 69.3 Å². The minimum absolute atomic E-state index is 0.170. The Balaban J connectivity index is 1.85. The van der Waals surface area contributed by atoms with Crippen LogP contribution in [0.5, 0.6) is 0 Å². The third kappa shape index (κ3) is 5.48. The summed E-state index contributed by atoms with van der Waals surface area (Å²) in [5, 5.41) is 3.88. The Labute approximate surface area is 176 Å². The summed E-state index contributed by atoms with van der Waals surface area (Å²) < 4.78 is 5.41. The number of benzene rings is 2. The second kappa shape index (κ2) is 10.1. The van der Waals surface area contributed by atoms with Gasteiger partial charge in [-0.2, -0.15) is 0 Å². The smallest absolute Gasteiger partial charge is 0.322 e. The quantitative estimate of drug-likeness (QED) is 0.536. The van der Waals surface area contributed by atoms with Gasteiger partial charge in [0, 0.05) is 31.0 Å². The van der Waals surface area contributed by atoms with Crippen LogP contribution in [0.15, 0.2) is 53.3 Å². The van der Waals surface area contributed by atoms with Crippen molar-refractivity contribution in [2.75, 3.05) is 25.1 Å². The maximum absolute atomic E-state index is 12.9. The lowest BCUT2D eigenvalue weighted by Crippen LogP contribution is -2.37. The normalized spacial score (nSPS) is 10.9. The Morgan fingerprint density at radius 2 is 1.90 bits per heavy atom. The summed E-state index contributed by atoms with van der Waals surface area (Å²) in [6, 6.07) is 15.1. The Bertz CT molecular complexity index is 1060. The summed E-state index contributed by atoms with van der Waals surface area (Å²) in [4.78, 5) is 30.3. The molecule has 0 unspecified atom stereocenters. The van der Waals surface area contributed by atoms with E-state index in [0.29, 0.717) is 31.7 Å². The number of urea groups is 1. The number of amides is 2. The minimum atomic E-state index is -0.238. The molecule has 0 fully saturated rings.